The van der Waals surface area contributed by atoms with Gasteiger partial charge >= 0.3 is 5.97 Å². The number of rotatable bonds is 6. The van der Waals surface area contributed by atoms with Crippen molar-refractivity contribution in [3.8, 4) is 0 Å². The molecule has 1 rings (SSSR count). The van der Waals surface area contributed by atoms with E-state index < -0.39 is 21.1 Å². The molecule has 0 saturated carbocycles. The van der Waals surface area contributed by atoms with Gasteiger partial charge in [0.2, 0.25) is 0 Å². The Bertz CT molecular complexity index is 329. The van der Waals surface area contributed by atoms with E-state index in [1.165, 1.54) is 6.92 Å². The molecule has 0 spiro atoms. The van der Waals surface area contributed by atoms with E-state index in [0.29, 0.717) is 12.8 Å². The maximum absolute atomic E-state index is 11.5. The van der Waals surface area contributed by atoms with E-state index in [2.05, 4.69) is 0 Å². The molecule has 94 valence electrons. The highest BCUT2D eigenvalue weighted by Crippen LogP contribution is 2.17. The summed E-state index contributed by atoms with van der Waals surface area (Å²) in [5, 5.41) is 7.32. The molecule has 2 unspecified atom stereocenters. The van der Waals surface area contributed by atoms with Crippen LogP contribution in [-0.2, 0) is 19.4 Å². The molecule has 0 aromatic rings. The molecule has 1 aliphatic heterocycles. The van der Waals surface area contributed by atoms with Crippen molar-refractivity contribution in [2.45, 2.75) is 44.0 Å². The Labute approximate surface area is 95.7 Å². The van der Waals surface area contributed by atoms with Crippen molar-refractivity contribution in [3.05, 3.63) is 0 Å². The van der Waals surface area contributed by atoms with Gasteiger partial charge in [0.25, 0.3) is 0 Å². The van der Waals surface area contributed by atoms with Gasteiger partial charge < -0.3 is 9.84 Å². The third-order valence-electron chi connectivity index (χ3n) is 2.87. The molecule has 6 heteroatoms. The molecular weight excluding hydrogens is 232 g/mol. The number of hydrogen-bond donors (Lipinski definition) is 1. The van der Waals surface area contributed by atoms with Crippen LogP contribution >= 0.6 is 0 Å². The molecule has 1 N–H and O–H groups in total. The lowest BCUT2D eigenvalue weighted by atomic mass is 10.1. The van der Waals surface area contributed by atoms with Crippen LogP contribution in [0.2, 0.25) is 0 Å². The van der Waals surface area contributed by atoms with Gasteiger partial charge in [-0.2, -0.15) is 0 Å². The average molecular weight is 250 g/mol. The molecule has 0 aromatic carbocycles. The minimum Gasteiger partial charge on any atom is -0.480 e. The van der Waals surface area contributed by atoms with E-state index in [4.69, 9.17) is 9.84 Å². The Balaban J connectivity index is 2.33. The second kappa shape index (κ2) is 5.63. The fraction of sp³-hybridized carbons (Fsp3) is 0.900. The number of carbonyl (C=O) groups is 1. The van der Waals surface area contributed by atoms with Crippen LogP contribution in [0.5, 0.6) is 0 Å². The van der Waals surface area contributed by atoms with Crippen LogP contribution in [0.15, 0.2) is 0 Å². The third kappa shape index (κ3) is 3.75. The predicted octanol–water partition coefficient (Wildman–Crippen LogP) is 0.833. The van der Waals surface area contributed by atoms with Crippen LogP contribution in [0.4, 0.5) is 0 Å². The third-order valence-corrected chi connectivity index (χ3v) is 5.00. The molecule has 1 aliphatic rings. The number of aliphatic carboxylic acids is 1. The summed E-state index contributed by atoms with van der Waals surface area (Å²) in [6.45, 7) is 1.96. The van der Waals surface area contributed by atoms with E-state index in [9.17, 15) is 13.2 Å². The molecule has 0 aliphatic carbocycles. The van der Waals surface area contributed by atoms with Gasteiger partial charge in [-0.25, -0.2) is 8.42 Å². The molecule has 5 nitrogen and oxygen atoms in total. The van der Waals surface area contributed by atoms with Gasteiger partial charge in [0.05, 0.1) is 11.9 Å². The van der Waals surface area contributed by atoms with Crippen LogP contribution in [0.3, 0.4) is 0 Å². The highest BCUT2D eigenvalue weighted by atomic mass is 32.2. The summed E-state index contributed by atoms with van der Waals surface area (Å²) >= 11 is 0. The summed E-state index contributed by atoms with van der Waals surface area (Å²) in [4.78, 5) is 10.6. The standard InChI is InChI=1S/C10H18O5S/c1-8(10(11)12)16(13,14)7-3-5-9-4-2-6-15-9/h8-9H,2-7H2,1H3,(H,11,12). The van der Waals surface area contributed by atoms with Gasteiger partial charge in [-0.15, -0.1) is 0 Å². The monoisotopic (exact) mass is 250 g/mol. The minimum absolute atomic E-state index is 0.0691. The van der Waals surface area contributed by atoms with Crippen molar-refractivity contribution in [3.63, 3.8) is 0 Å². The Morgan fingerprint density at radius 3 is 2.75 bits per heavy atom. The van der Waals surface area contributed by atoms with Crippen LogP contribution in [0.25, 0.3) is 0 Å². The summed E-state index contributed by atoms with van der Waals surface area (Å²) in [5.74, 6) is -1.35. The van der Waals surface area contributed by atoms with Crippen molar-refractivity contribution < 1.29 is 23.1 Å². The van der Waals surface area contributed by atoms with Crippen LogP contribution in [-0.4, -0.2) is 43.2 Å². The van der Waals surface area contributed by atoms with Crippen LogP contribution in [0.1, 0.15) is 32.6 Å². The summed E-state index contributed by atoms with van der Waals surface area (Å²) in [6, 6.07) is 0. The van der Waals surface area contributed by atoms with Gasteiger partial charge in [0.15, 0.2) is 15.1 Å². The predicted molar refractivity (Wildman–Crippen MR) is 59.1 cm³/mol. The fourth-order valence-corrected chi connectivity index (χ4v) is 2.94. The van der Waals surface area contributed by atoms with Crippen LogP contribution in [0, 0.1) is 0 Å². The largest absolute Gasteiger partial charge is 0.480 e. The summed E-state index contributed by atoms with van der Waals surface area (Å²) < 4.78 is 28.4. The first kappa shape index (κ1) is 13.4. The second-order valence-electron chi connectivity index (χ2n) is 4.12. The lowest BCUT2D eigenvalue weighted by Crippen LogP contribution is -2.29. The molecule has 16 heavy (non-hydrogen) atoms. The molecular formula is C10H18O5S. The van der Waals surface area contributed by atoms with E-state index in [0.717, 1.165) is 19.4 Å². The van der Waals surface area contributed by atoms with Crippen molar-refractivity contribution in [1.82, 2.24) is 0 Å². The summed E-state index contributed by atoms with van der Waals surface area (Å²) in [7, 11) is -3.51. The smallest absolute Gasteiger partial charge is 0.321 e. The van der Waals surface area contributed by atoms with E-state index >= 15 is 0 Å². The normalized spacial score (nSPS) is 23.2. The molecule has 0 radical (unpaired) electrons. The number of hydrogen-bond acceptors (Lipinski definition) is 4. The average Bonchev–Trinajstić information content (AvgIpc) is 2.69. The zero-order chi connectivity index (χ0) is 12.2. The van der Waals surface area contributed by atoms with Gasteiger partial charge in [-0.05, 0) is 32.6 Å². The lowest BCUT2D eigenvalue weighted by molar-refractivity contribution is -0.136. The summed E-state index contributed by atoms with van der Waals surface area (Å²) in [6.07, 6.45) is 3.35. The first-order valence-corrected chi connectivity index (χ1v) is 7.21. The first-order valence-electron chi connectivity index (χ1n) is 5.49. The van der Waals surface area contributed by atoms with Gasteiger partial charge in [0.1, 0.15) is 0 Å². The summed E-state index contributed by atoms with van der Waals surface area (Å²) in [5.41, 5.74) is 0. The Kier molecular flexibility index (Phi) is 4.73. The Morgan fingerprint density at radius 1 is 1.56 bits per heavy atom. The topological polar surface area (TPSA) is 80.7 Å². The number of carboxylic acids is 1. The molecule has 0 aromatic heterocycles. The minimum atomic E-state index is -3.51. The molecule has 1 heterocycles. The first-order chi connectivity index (χ1) is 7.43. The molecule has 1 fully saturated rings. The Morgan fingerprint density at radius 2 is 2.25 bits per heavy atom. The lowest BCUT2D eigenvalue weighted by Gasteiger charge is -2.11. The van der Waals surface area contributed by atoms with Gasteiger partial charge in [0, 0.05) is 6.61 Å². The maximum Gasteiger partial charge on any atom is 0.321 e. The van der Waals surface area contributed by atoms with Crippen LogP contribution < -0.4 is 0 Å². The van der Waals surface area contributed by atoms with E-state index in [-0.39, 0.29) is 11.9 Å². The number of ether oxygens (including phenoxy) is 1. The number of sulfone groups is 1. The number of carboxylic acid groups (broad SMARTS) is 1. The SMILES string of the molecule is CC(C(=O)O)S(=O)(=O)CCCC1CCCO1. The molecule has 0 bridgehead atoms. The quantitative estimate of drug-likeness (QED) is 0.755. The van der Waals surface area contributed by atoms with Crippen molar-refractivity contribution in [2.75, 3.05) is 12.4 Å². The van der Waals surface area contributed by atoms with Crippen molar-refractivity contribution in [2.24, 2.45) is 0 Å². The molecule has 0 amide bonds. The molecule has 1 saturated heterocycles. The van der Waals surface area contributed by atoms with E-state index in [1.54, 1.807) is 0 Å². The second-order valence-corrected chi connectivity index (χ2v) is 6.57. The van der Waals surface area contributed by atoms with Gasteiger partial charge in [-0.3, -0.25) is 4.79 Å². The zero-order valence-electron chi connectivity index (χ0n) is 9.39. The van der Waals surface area contributed by atoms with E-state index in [1.807, 2.05) is 0 Å². The highest BCUT2D eigenvalue weighted by molar-refractivity contribution is 7.92. The van der Waals surface area contributed by atoms with Crippen molar-refractivity contribution in [1.29, 1.82) is 0 Å². The Hall–Kier alpha value is -0.620. The highest BCUT2D eigenvalue weighted by Gasteiger charge is 2.27. The molecule has 2 atom stereocenters. The van der Waals surface area contributed by atoms with Gasteiger partial charge in [-0.1, -0.05) is 0 Å². The van der Waals surface area contributed by atoms with Crippen molar-refractivity contribution >= 4 is 15.8 Å². The fourth-order valence-electron chi connectivity index (χ4n) is 1.71. The zero-order valence-corrected chi connectivity index (χ0v) is 10.2. The maximum atomic E-state index is 11.5.